The van der Waals surface area contributed by atoms with Crippen molar-refractivity contribution in [2.75, 3.05) is 0 Å². The highest BCUT2D eigenvalue weighted by molar-refractivity contribution is 5.52. The lowest BCUT2D eigenvalue weighted by Crippen LogP contribution is -1.96. The van der Waals surface area contributed by atoms with Crippen LogP contribution < -0.4 is 0 Å². The van der Waals surface area contributed by atoms with Gasteiger partial charge in [0, 0.05) is 18.7 Å². The first kappa shape index (κ1) is 10.0. The van der Waals surface area contributed by atoms with Crippen LogP contribution in [0.5, 0.6) is 0 Å². The van der Waals surface area contributed by atoms with Crippen molar-refractivity contribution < 1.29 is 4.42 Å². The van der Waals surface area contributed by atoms with Gasteiger partial charge in [0.15, 0.2) is 23.1 Å². The zero-order chi connectivity index (χ0) is 11.8. The summed E-state index contributed by atoms with van der Waals surface area (Å²) < 4.78 is 7.29. The van der Waals surface area contributed by atoms with Crippen molar-refractivity contribution >= 4 is 5.65 Å². The average Bonchev–Trinajstić information content (AvgIpc) is 2.93. The summed E-state index contributed by atoms with van der Waals surface area (Å²) in [4.78, 5) is 8.70. The molecular weight excluding hydrogens is 216 g/mol. The van der Waals surface area contributed by atoms with E-state index in [-0.39, 0.29) is 0 Å². The molecule has 0 spiro atoms. The molecule has 3 heterocycles. The molecule has 17 heavy (non-hydrogen) atoms. The van der Waals surface area contributed by atoms with Gasteiger partial charge in [-0.05, 0) is 19.1 Å². The molecule has 0 unspecified atom stereocenters. The Balaban J connectivity index is 2.25. The Morgan fingerprint density at radius 2 is 2.18 bits per heavy atom. The molecule has 0 aliphatic carbocycles. The summed E-state index contributed by atoms with van der Waals surface area (Å²) in [6.07, 6.45) is 2.52. The van der Waals surface area contributed by atoms with E-state index in [4.69, 9.17) is 4.42 Å². The van der Waals surface area contributed by atoms with E-state index in [1.807, 2.05) is 32.0 Å². The van der Waals surface area contributed by atoms with Crippen LogP contribution in [0.15, 0.2) is 28.8 Å². The fourth-order valence-corrected chi connectivity index (χ4v) is 1.73. The molecule has 0 saturated carbocycles. The minimum absolute atomic E-state index is 0.683. The van der Waals surface area contributed by atoms with E-state index < -0.39 is 0 Å². The lowest BCUT2D eigenvalue weighted by Gasteiger charge is -1.98. The van der Waals surface area contributed by atoms with Crippen LogP contribution in [-0.4, -0.2) is 19.6 Å². The molecule has 3 rings (SSSR count). The Hall–Kier alpha value is -2.17. The van der Waals surface area contributed by atoms with Crippen LogP contribution in [-0.2, 0) is 6.42 Å². The van der Waals surface area contributed by atoms with E-state index in [1.165, 1.54) is 0 Å². The minimum atomic E-state index is 0.683. The summed E-state index contributed by atoms with van der Waals surface area (Å²) in [5.41, 5.74) is 0.793. The van der Waals surface area contributed by atoms with Gasteiger partial charge >= 0.3 is 0 Å². The van der Waals surface area contributed by atoms with Crippen LogP contribution in [0.2, 0.25) is 0 Å². The van der Waals surface area contributed by atoms with Crippen molar-refractivity contribution in [3.05, 3.63) is 36.0 Å². The van der Waals surface area contributed by atoms with Gasteiger partial charge in [0.05, 0.1) is 0 Å². The van der Waals surface area contributed by atoms with E-state index in [0.29, 0.717) is 11.6 Å². The number of hydrogen-bond donors (Lipinski definition) is 0. The van der Waals surface area contributed by atoms with Crippen LogP contribution >= 0.6 is 0 Å². The van der Waals surface area contributed by atoms with E-state index in [1.54, 1.807) is 10.7 Å². The molecule has 0 radical (unpaired) electrons. The number of nitrogens with zero attached hydrogens (tertiary/aromatic N) is 4. The third-order valence-electron chi connectivity index (χ3n) is 2.57. The summed E-state index contributed by atoms with van der Waals surface area (Å²) in [5, 5.41) is 4.40. The smallest absolute Gasteiger partial charge is 0.198 e. The lowest BCUT2D eigenvalue weighted by atomic mass is 10.4. The Morgan fingerprint density at radius 3 is 2.88 bits per heavy atom. The first-order chi connectivity index (χ1) is 8.28. The van der Waals surface area contributed by atoms with Crippen LogP contribution in [0.25, 0.3) is 17.2 Å². The molecule has 3 aromatic heterocycles. The topological polar surface area (TPSA) is 56.2 Å². The molecule has 3 aromatic rings. The molecular formula is C12H12N4O. The van der Waals surface area contributed by atoms with E-state index in [2.05, 4.69) is 15.1 Å². The second-order valence-electron chi connectivity index (χ2n) is 3.83. The van der Waals surface area contributed by atoms with Crippen molar-refractivity contribution in [3.8, 4) is 11.6 Å². The standard InChI is InChI=1S/C12H12N4O/c1-3-10-14-11-6-7-13-12(16(11)15-10)9-5-4-8(2)17-9/h4-7H,3H2,1-2H3. The van der Waals surface area contributed by atoms with Crippen LogP contribution in [0.4, 0.5) is 0 Å². The largest absolute Gasteiger partial charge is 0.458 e. The SMILES string of the molecule is CCc1nc2ccnc(-c3ccc(C)o3)n2n1. The quantitative estimate of drug-likeness (QED) is 0.675. The second-order valence-corrected chi connectivity index (χ2v) is 3.83. The molecule has 5 nitrogen and oxygen atoms in total. The van der Waals surface area contributed by atoms with Crippen LogP contribution in [0.1, 0.15) is 18.5 Å². The van der Waals surface area contributed by atoms with Crippen molar-refractivity contribution in [2.24, 2.45) is 0 Å². The number of aryl methyl sites for hydroxylation is 2. The molecule has 0 N–H and O–H groups in total. The summed E-state index contributed by atoms with van der Waals surface area (Å²) in [6, 6.07) is 5.64. The molecule has 0 fully saturated rings. The molecule has 0 aliphatic rings. The van der Waals surface area contributed by atoms with Crippen molar-refractivity contribution in [2.45, 2.75) is 20.3 Å². The lowest BCUT2D eigenvalue weighted by molar-refractivity contribution is 0.541. The summed E-state index contributed by atoms with van der Waals surface area (Å²) in [5.74, 6) is 3.06. The average molecular weight is 228 g/mol. The molecule has 0 aromatic carbocycles. The highest BCUT2D eigenvalue weighted by Crippen LogP contribution is 2.20. The van der Waals surface area contributed by atoms with Crippen LogP contribution in [0, 0.1) is 6.92 Å². The van der Waals surface area contributed by atoms with Gasteiger partial charge in [0.1, 0.15) is 5.76 Å². The predicted octanol–water partition coefficient (Wildman–Crippen LogP) is 2.26. The van der Waals surface area contributed by atoms with Gasteiger partial charge in [0.2, 0.25) is 0 Å². The number of furan rings is 1. The van der Waals surface area contributed by atoms with E-state index >= 15 is 0 Å². The predicted molar refractivity (Wildman–Crippen MR) is 62.6 cm³/mol. The number of aromatic nitrogens is 4. The highest BCUT2D eigenvalue weighted by Gasteiger charge is 2.11. The summed E-state index contributed by atoms with van der Waals surface area (Å²) >= 11 is 0. The molecule has 0 amide bonds. The second kappa shape index (κ2) is 3.69. The molecule has 5 heteroatoms. The zero-order valence-electron chi connectivity index (χ0n) is 9.71. The molecule has 86 valence electrons. The molecule has 0 aliphatic heterocycles. The first-order valence-corrected chi connectivity index (χ1v) is 5.55. The van der Waals surface area contributed by atoms with Crippen LogP contribution in [0.3, 0.4) is 0 Å². The molecule has 0 saturated heterocycles. The Kier molecular flexibility index (Phi) is 2.18. The van der Waals surface area contributed by atoms with Gasteiger partial charge in [-0.15, -0.1) is 5.10 Å². The van der Waals surface area contributed by atoms with Gasteiger partial charge in [-0.3, -0.25) is 0 Å². The normalized spacial score (nSPS) is 11.2. The first-order valence-electron chi connectivity index (χ1n) is 5.55. The van der Waals surface area contributed by atoms with E-state index in [9.17, 15) is 0 Å². The third kappa shape index (κ3) is 1.60. The van der Waals surface area contributed by atoms with Crippen molar-refractivity contribution in [1.82, 2.24) is 19.6 Å². The zero-order valence-corrected chi connectivity index (χ0v) is 9.71. The minimum Gasteiger partial charge on any atom is -0.458 e. The molecule has 0 bridgehead atoms. The van der Waals surface area contributed by atoms with Crippen molar-refractivity contribution in [3.63, 3.8) is 0 Å². The van der Waals surface area contributed by atoms with Gasteiger partial charge in [-0.1, -0.05) is 6.92 Å². The fraction of sp³-hybridized carbons (Fsp3) is 0.250. The Morgan fingerprint density at radius 1 is 1.29 bits per heavy atom. The Bertz CT molecular complexity index is 668. The maximum absolute atomic E-state index is 5.57. The van der Waals surface area contributed by atoms with E-state index in [0.717, 1.165) is 23.7 Å². The third-order valence-corrected chi connectivity index (χ3v) is 2.57. The van der Waals surface area contributed by atoms with Gasteiger partial charge in [-0.25, -0.2) is 9.97 Å². The van der Waals surface area contributed by atoms with Crippen molar-refractivity contribution in [1.29, 1.82) is 0 Å². The number of fused-ring (bicyclic) bond motifs is 1. The highest BCUT2D eigenvalue weighted by atomic mass is 16.3. The molecule has 0 atom stereocenters. The Labute approximate surface area is 98.1 Å². The number of rotatable bonds is 2. The maximum Gasteiger partial charge on any atom is 0.198 e. The fourth-order valence-electron chi connectivity index (χ4n) is 1.73. The summed E-state index contributed by atoms with van der Waals surface area (Å²) in [7, 11) is 0. The van der Waals surface area contributed by atoms with Gasteiger partial charge in [0.25, 0.3) is 0 Å². The maximum atomic E-state index is 5.57. The van der Waals surface area contributed by atoms with Gasteiger partial charge in [-0.2, -0.15) is 4.52 Å². The van der Waals surface area contributed by atoms with Gasteiger partial charge < -0.3 is 4.42 Å². The summed E-state index contributed by atoms with van der Waals surface area (Å²) in [6.45, 7) is 3.93. The number of hydrogen-bond acceptors (Lipinski definition) is 4. The monoisotopic (exact) mass is 228 g/mol.